The van der Waals surface area contributed by atoms with Crippen molar-refractivity contribution in [2.24, 2.45) is 0 Å². The normalized spacial score (nSPS) is 10.1. The van der Waals surface area contributed by atoms with E-state index in [0.29, 0.717) is 0 Å². The molecule has 2 heterocycles. The third-order valence-electron chi connectivity index (χ3n) is 1.88. The van der Waals surface area contributed by atoms with Crippen LogP contribution in [0.25, 0.3) is 11.3 Å². The van der Waals surface area contributed by atoms with Crippen molar-refractivity contribution >= 4 is 11.6 Å². The van der Waals surface area contributed by atoms with Gasteiger partial charge < -0.3 is 0 Å². The molecule has 0 aliphatic heterocycles. The highest BCUT2D eigenvalue weighted by molar-refractivity contribution is 6.28. The van der Waals surface area contributed by atoms with Gasteiger partial charge in [0, 0.05) is 24.2 Å². The molecule has 0 radical (unpaired) electrons. The van der Waals surface area contributed by atoms with E-state index in [1.54, 1.807) is 18.6 Å². The van der Waals surface area contributed by atoms with Crippen molar-refractivity contribution in [2.75, 3.05) is 0 Å². The van der Waals surface area contributed by atoms with Crippen LogP contribution in [0.1, 0.15) is 5.56 Å². The lowest BCUT2D eigenvalue weighted by atomic mass is 10.1. The maximum absolute atomic E-state index is 5.72. The number of hydrogen-bond acceptors (Lipinski definition) is 3. The zero-order valence-corrected chi connectivity index (χ0v) is 8.36. The highest BCUT2D eigenvalue weighted by Crippen LogP contribution is 2.20. The summed E-state index contributed by atoms with van der Waals surface area (Å²) < 4.78 is 0. The fraction of sp³-hybridized carbons (Fsp3) is 0.100. The Balaban J connectivity index is 2.57. The molecular formula is C10H8ClN3. The molecule has 3 nitrogen and oxygen atoms in total. The van der Waals surface area contributed by atoms with Crippen LogP contribution in [-0.4, -0.2) is 15.0 Å². The average Bonchev–Trinajstić information content (AvgIpc) is 2.23. The quantitative estimate of drug-likeness (QED) is 0.672. The third kappa shape index (κ3) is 1.72. The first-order valence-electron chi connectivity index (χ1n) is 4.17. The van der Waals surface area contributed by atoms with Crippen LogP contribution in [-0.2, 0) is 0 Å². The fourth-order valence-corrected chi connectivity index (χ4v) is 1.35. The van der Waals surface area contributed by atoms with Crippen molar-refractivity contribution in [3.05, 3.63) is 41.6 Å². The van der Waals surface area contributed by atoms with Crippen molar-refractivity contribution in [3.8, 4) is 11.3 Å². The molecule has 0 bridgehead atoms. The Morgan fingerprint density at radius 1 is 1.29 bits per heavy atom. The van der Waals surface area contributed by atoms with Crippen molar-refractivity contribution in [2.45, 2.75) is 6.92 Å². The van der Waals surface area contributed by atoms with Crippen molar-refractivity contribution < 1.29 is 0 Å². The molecule has 2 aromatic heterocycles. The lowest BCUT2D eigenvalue weighted by Gasteiger charge is -2.03. The van der Waals surface area contributed by atoms with Gasteiger partial charge in [-0.2, -0.15) is 0 Å². The van der Waals surface area contributed by atoms with Gasteiger partial charge in [0.25, 0.3) is 0 Å². The predicted octanol–water partition coefficient (Wildman–Crippen LogP) is 2.50. The summed E-state index contributed by atoms with van der Waals surface area (Å²) >= 11 is 5.72. The SMILES string of the molecule is Cc1cnc(Cl)nc1-c1cccnc1. The molecule has 0 atom stereocenters. The summed E-state index contributed by atoms with van der Waals surface area (Å²) in [4.78, 5) is 12.1. The van der Waals surface area contributed by atoms with Crippen LogP contribution in [0.4, 0.5) is 0 Å². The lowest BCUT2D eigenvalue weighted by Crippen LogP contribution is -1.91. The number of halogens is 1. The molecule has 2 aromatic rings. The Kier molecular flexibility index (Phi) is 2.41. The van der Waals surface area contributed by atoms with E-state index in [1.165, 1.54) is 0 Å². The topological polar surface area (TPSA) is 38.7 Å². The molecule has 0 saturated carbocycles. The van der Waals surface area contributed by atoms with Gasteiger partial charge in [-0.25, -0.2) is 9.97 Å². The summed E-state index contributed by atoms with van der Waals surface area (Å²) in [7, 11) is 0. The molecule has 2 rings (SSSR count). The number of hydrogen-bond donors (Lipinski definition) is 0. The van der Waals surface area contributed by atoms with Crippen LogP contribution in [0, 0.1) is 6.92 Å². The van der Waals surface area contributed by atoms with Crippen molar-refractivity contribution in [3.63, 3.8) is 0 Å². The number of aromatic nitrogens is 3. The van der Waals surface area contributed by atoms with E-state index in [-0.39, 0.29) is 5.28 Å². The summed E-state index contributed by atoms with van der Waals surface area (Å²) in [5.74, 6) is 0. The standard InChI is InChI=1S/C10H8ClN3/c1-7-5-13-10(11)14-9(7)8-3-2-4-12-6-8/h2-6H,1H3. The Morgan fingerprint density at radius 2 is 2.14 bits per heavy atom. The van der Waals surface area contributed by atoms with E-state index in [2.05, 4.69) is 15.0 Å². The Morgan fingerprint density at radius 3 is 2.86 bits per heavy atom. The van der Waals surface area contributed by atoms with Gasteiger partial charge in [-0.3, -0.25) is 4.98 Å². The summed E-state index contributed by atoms with van der Waals surface area (Å²) in [5, 5.41) is 0.259. The van der Waals surface area contributed by atoms with E-state index in [0.717, 1.165) is 16.8 Å². The van der Waals surface area contributed by atoms with Crippen LogP contribution in [0.15, 0.2) is 30.7 Å². The van der Waals surface area contributed by atoms with Gasteiger partial charge in [0.05, 0.1) is 5.69 Å². The molecule has 14 heavy (non-hydrogen) atoms. The highest BCUT2D eigenvalue weighted by atomic mass is 35.5. The van der Waals surface area contributed by atoms with E-state index in [9.17, 15) is 0 Å². The number of pyridine rings is 1. The second-order valence-electron chi connectivity index (χ2n) is 2.91. The fourth-order valence-electron chi connectivity index (χ4n) is 1.22. The average molecular weight is 206 g/mol. The molecule has 0 N–H and O–H groups in total. The number of rotatable bonds is 1. The Hall–Kier alpha value is -1.48. The molecule has 0 spiro atoms. The molecule has 0 aliphatic rings. The molecule has 70 valence electrons. The van der Waals surface area contributed by atoms with E-state index in [4.69, 9.17) is 11.6 Å². The van der Waals surface area contributed by atoms with Gasteiger partial charge in [-0.1, -0.05) is 0 Å². The summed E-state index contributed by atoms with van der Waals surface area (Å²) in [5.41, 5.74) is 2.77. The van der Waals surface area contributed by atoms with Crippen LogP contribution >= 0.6 is 11.6 Å². The minimum atomic E-state index is 0.259. The smallest absolute Gasteiger partial charge is 0.222 e. The molecular weight excluding hydrogens is 198 g/mol. The molecule has 0 amide bonds. The third-order valence-corrected chi connectivity index (χ3v) is 2.06. The Bertz CT molecular complexity index is 442. The maximum Gasteiger partial charge on any atom is 0.222 e. The zero-order chi connectivity index (χ0) is 9.97. The minimum Gasteiger partial charge on any atom is -0.264 e. The Labute approximate surface area is 86.8 Å². The van der Waals surface area contributed by atoms with Crippen LogP contribution in [0.3, 0.4) is 0 Å². The van der Waals surface area contributed by atoms with Crippen LogP contribution < -0.4 is 0 Å². The van der Waals surface area contributed by atoms with E-state index >= 15 is 0 Å². The predicted molar refractivity (Wildman–Crippen MR) is 55.0 cm³/mol. The number of nitrogens with zero attached hydrogens (tertiary/aromatic N) is 3. The van der Waals surface area contributed by atoms with Crippen LogP contribution in [0.2, 0.25) is 5.28 Å². The monoisotopic (exact) mass is 205 g/mol. The van der Waals surface area contributed by atoms with E-state index < -0.39 is 0 Å². The lowest BCUT2D eigenvalue weighted by molar-refractivity contribution is 1.13. The van der Waals surface area contributed by atoms with Crippen molar-refractivity contribution in [1.29, 1.82) is 0 Å². The largest absolute Gasteiger partial charge is 0.264 e. The van der Waals surface area contributed by atoms with Gasteiger partial charge in [0.2, 0.25) is 5.28 Å². The van der Waals surface area contributed by atoms with Gasteiger partial charge in [0.1, 0.15) is 0 Å². The number of aryl methyl sites for hydroxylation is 1. The summed E-state index contributed by atoms with van der Waals surface area (Å²) in [6, 6.07) is 3.81. The molecule has 0 aliphatic carbocycles. The zero-order valence-electron chi connectivity index (χ0n) is 7.61. The molecule has 0 fully saturated rings. The van der Waals surface area contributed by atoms with Crippen molar-refractivity contribution in [1.82, 2.24) is 15.0 Å². The van der Waals surface area contributed by atoms with Gasteiger partial charge >= 0.3 is 0 Å². The first kappa shape index (κ1) is 9.09. The maximum atomic E-state index is 5.72. The first-order chi connectivity index (χ1) is 6.77. The summed E-state index contributed by atoms with van der Waals surface area (Å²) in [6.07, 6.45) is 5.19. The van der Waals surface area contributed by atoms with Gasteiger partial charge in [0.15, 0.2) is 0 Å². The van der Waals surface area contributed by atoms with Gasteiger partial charge in [-0.05, 0) is 36.2 Å². The van der Waals surface area contributed by atoms with Crippen LogP contribution in [0.5, 0.6) is 0 Å². The second kappa shape index (κ2) is 3.72. The molecule has 4 heteroatoms. The summed E-state index contributed by atoms with van der Waals surface area (Å²) in [6.45, 7) is 1.94. The molecule has 0 saturated heterocycles. The minimum absolute atomic E-state index is 0.259. The van der Waals surface area contributed by atoms with Gasteiger partial charge in [-0.15, -0.1) is 0 Å². The highest BCUT2D eigenvalue weighted by Gasteiger charge is 2.04. The van der Waals surface area contributed by atoms with E-state index in [1.807, 2.05) is 19.1 Å². The molecule has 0 aromatic carbocycles. The first-order valence-corrected chi connectivity index (χ1v) is 4.55. The second-order valence-corrected chi connectivity index (χ2v) is 3.25. The molecule has 0 unspecified atom stereocenters.